The second kappa shape index (κ2) is 6.78. The van der Waals surface area contributed by atoms with Gasteiger partial charge in [-0.05, 0) is 12.8 Å². The Morgan fingerprint density at radius 2 is 1.63 bits per heavy atom. The van der Waals surface area contributed by atoms with Crippen LogP contribution in [-0.2, 0) is 4.79 Å². The fourth-order valence-electron chi connectivity index (χ4n) is 2.97. The predicted molar refractivity (Wildman–Crippen MR) is 73.8 cm³/mol. The van der Waals surface area contributed by atoms with E-state index in [4.69, 9.17) is 0 Å². The molecule has 2 aliphatic rings. The molecule has 1 saturated carbocycles. The molecule has 0 aromatic heterocycles. The Kier molecular flexibility index (Phi) is 5.05. The summed E-state index contributed by atoms with van der Waals surface area (Å²) in [7, 11) is 1.77. The first-order chi connectivity index (χ1) is 9.15. The van der Waals surface area contributed by atoms with Crippen LogP contribution in [0.3, 0.4) is 0 Å². The fourth-order valence-corrected chi connectivity index (χ4v) is 2.97. The average Bonchev–Trinajstić information content (AvgIpc) is 2.61. The SMILES string of the molecule is CN1C[C@H](NC(=O)NC2CCCCCCC2)CC1=O. The molecule has 2 N–H and O–H groups in total. The van der Waals surface area contributed by atoms with Gasteiger partial charge in [0, 0.05) is 26.1 Å². The number of hydrogen-bond donors (Lipinski definition) is 2. The first-order valence-corrected chi connectivity index (χ1v) is 7.46. The Morgan fingerprint density at radius 3 is 2.21 bits per heavy atom. The average molecular weight is 267 g/mol. The lowest BCUT2D eigenvalue weighted by Gasteiger charge is -2.22. The molecule has 5 heteroatoms. The maximum absolute atomic E-state index is 11.9. The minimum Gasteiger partial charge on any atom is -0.344 e. The molecular weight excluding hydrogens is 242 g/mol. The molecule has 1 aliphatic carbocycles. The summed E-state index contributed by atoms with van der Waals surface area (Å²) in [4.78, 5) is 25.0. The molecule has 1 heterocycles. The van der Waals surface area contributed by atoms with E-state index in [0.717, 1.165) is 12.8 Å². The standard InChI is InChI=1S/C14H25N3O2/c1-17-10-12(9-13(17)18)16-14(19)15-11-7-5-3-2-4-6-8-11/h11-12H,2-10H2,1H3,(H2,15,16,19)/t12-/m1/s1. The molecule has 0 bridgehead atoms. The Labute approximate surface area is 115 Å². The molecule has 19 heavy (non-hydrogen) atoms. The molecule has 1 aliphatic heterocycles. The van der Waals surface area contributed by atoms with Crippen molar-refractivity contribution in [3.05, 3.63) is 0 Å². The van der Waals surface area contributed by atoms with Crippen molar-refractivity contribution in [1.29, 1.82) is 0 Å². The third-order valence-corrected chi connectivity index (χ3v) is 4.12. The van der Waals surface area contributed by atoms with Gasteiger partial charge in [-0.1, -0.05) is 32.1 Å². The van der Waals surface area contributed by atoms with Crippen LogP contribution < -0.4 is 10.6 Å². The van der Waals surface area contributed by atoms with E-state index in [-0.39, 0.29) is 18.0 Å². The third-order valence-electron chi connectivity index (χ3n) is 4.12. The van der Waals surface area contributed by atoms with Crippen LogP contribution in [0.1, 0.15) is 51.4 Å². The first kappa shape index (κ1) is 14.2. The Hall–Kier alpha value is -1.26. The normalized spacial score (nSPS) is 25.8. The quantitative estimate of drug-likeness (QED) is 0.799. The highest BCUT2D eigenvalue weighted by Crippen LogP contribution is 2.17. The summed E-state index contributed by atoms with van der Waals surface area (Å²) in [6.07, 6.45) is 8.88. The first-order valence-electron chi connectivity index (χ1n) is 7.46. The summed E-state index contributed by atoms with van der Waals surface area (Å²) >= 11 is 0. The van der Waals surface area contributed by atoms with E-state index >= 15 is 0 Å². The van der Waals surface area contributed by atoms with Gasteiger partial charge in [-0.3, -0.25) is 4.79 Å². The highest BCUT2D eigenvalue weighted by molar-refractivity contribution is 5.81. The van der Waals surface area contributed by atoms with Gasteiger partial charge in [0.25, 0.3) is 0 Å². The van der Waals surface area contributed by atoms with E-state index in [0.29, 0.717) is 19.0 Å². The van der Waals surface area contributed by atoms with E-state index in [9.17, 15) is 9.59 Å². The molecule has 1 atom stereocenters. The van der Waals surface area contributed by atoms with Crippen molar-refractivity contribution in [2.75, 3.05) is 13.6 Å². The highest BCUT2D eigenvalue weighted by Gasteiger charge is 2.28. The Balaban J connectivity index is 1.72. The second-order valence-electron chi connectivity index (χ2n) is 5.84. The van der Waals surface area contributed by atoms with Crippen molar-refractivity contribution in [2.24, 2.45) is 0 Å². The van der Waals surface area contributed by atoms with Crippen LogP contribution >= 0.6 is 0 Å². The van der Waals surface area contributed by atoms with Gasteiger partial charge in [0.2, 0.25) is 5.91 Å². The number of hydrogen-bond acceptors (Lipinski definition) is 2. The predicted octanol–water partition coefficient (Wildman–Crippen LogP) is 1.63. The molecule has 0 radical (unpaired) electrons. The number of nitrogens with zero attached hydrogens (tertiary/aromatic N) is 1. The zero-order valence-electron chi connectivity index (χ0n) is 11.8. The smallest absolute Gasteiger partial charge is 0.315 e. The Bertz CT molecular complexity index is 325. The number of amides is 3. The number of urea groups is 1. The van der Waals surface area contributed by atoms with E-state index < -0.39 is 0 Å². The molecule has 0 aromatic rings. The number of carbonyl (C=O) groups is 2. The Morgan fingerprint density at radius 1 is 1.05 bits per heavy atom. The molecule has 0 aromatic carbocycles. The largest absolute Gasteiger partial charge is 0.344 e. The van der Waals surface area contributed by atoms with Crippen LogP contribution in [0.15, 0.2) is 0 Å². The highest BCUT2D eigenvalue weighted by atomic mass is 16.2. The van der Waals surface area contributed by atoms with Gasteiger partial charge in [-0.15, -0.1) is 0 Å². The maximum Gasteiger partial charge on any atom is 0.315 e. The van der Waals surface area contributed by atoms with E-state index in [2.05, 4.69) is 10.6 Å². The number of likely N-dealkylation sites (tertiary alicyclic amines) is 1. The maximum atomic E-state index is 11.9. The second-order valence-corrected chi connectivity index (χ2v) is 5.84. The van der Waals surface area contributed by atoms with Gasteiger partial charge in [0.15, 0.2) is 0 Å². The van der Waals surface area contributed by atoms with Crippen molar-refractivity contribution in [2.45, 2.75) is 63.5 Å². The summed E-state index contributed by atoms with van der Waals surface area (Å²) < 4.78 is 0. The number of nitrogens with one attached hydrogen (secondary N) is 2. The van der Waals surface area contributed by atoms with Crippen LogP contribution in [-0.4, -0.2) is 42.5 Å². The summed E-state index contributed by atoms with van der Waals surface area (Å²) in [5, 5.41) is 5.97. The lowest BCUT2D eigenvalue weighted by Crippen LogP contribution is -2.47. The molecule has 3 amide bonds. The van der Waals surface area contributed by atoms with Crippen LogP contribution in [0.2, 0.25) is 0 Å². The summed E-state index contributed by atoms with van der Waals surface area (Å²) in [5.41, 5.74) is 0. The van der Waals surface area contributed by atoms with Gasteiger partial charge >= 0.3 is 6.03 Å². The summed E-state index contributed by atoms with van der Waals surface area (Å²) in [6, 6.07) is 0.153. The van der Waals surface area contributed by atoms with Crippen LogP contribution in [0.4, 0.5) is 4.79 Å². The molecular formula is C14H25N3O2. The van der Waals surface area contributed by atoms with E-state index in [1.807, 2.05) is 0 Å². The van der Waals surface area contributed by atoms with Crippen molar-refractivity contribution in [3.8, 4) is 0 Å². The van der Waals surface area contributed by atoms with Gasteiger partial charge in [-0.25, -0.2) is 4.79 Å². The molecule has 1 saturated heterocycles. The zero-order valence-corrected chi connectivity index (χ0v) is 11.8. The lowest BCUT2D eigenvalue weighted by atomic mass is 9.97. The number of carbonyl (C=O) groups excluding carboxylic acids is 2. The van der Waals surface area contributed by atoms with Gasteiger partial charge in [0.1, 0.15) is 0 Å². The van der Waals surface area contributed by atoms with E-state index in [1.165, 1.54) is 32.1 Å². The van der Waals surface area contributed by atoms with Crippen LogP contribution in [0, 0.1) is 0 Å². The summed E-state index contributed by atoms with van der Waals surface area (Å²) in [5.74, 6) is 0.108. The van der Waals surface area contributed by atoms with Gasteiger partial charge in [0.05, 0.1) is 6.04 Å². The fraction of sp³-hybridized carbons (Fsp3) is 0.857. The van der Waals surface area contributed by atoms with Crippen molar-refractivity contribution < 1.29 is 9.59 Å². The van der Waals surface area contributed by atoms with Crippen molar-refractivity contribution in [1.82, 2.24) is 15.5 Å². The van der Waals surface area contributed by atoms with Crippen LogP contribution in [0.25, 0.3) is 0 Å². The minimum absolute atomic E-state index is 0.0361. The minimum atomic E-state index is -0.112. The van der Waals surface area contributed by atoms with Crippen molar-refractivity contribution in [3.63, 3.8) is 0 Å². The van der Waals surface area contributed by atoms with Gasteiger partial charge < -0.3 is 15.5 Å². The van der Waals surface area contributed by atoms with Gasteiger partial charge in [-0.2, -0.15) is 0 Å². The van der Waals surface area contributed by atoms with E-state index in [1.54, 1.807) is 11.9 Å². The molecule has 0 unspecified atom stereocenters. The molecule has 2 rings (SSSR count). The van der Waals surface area contributed by atoms with Crippen LogP contribution in [0.5, 0.6) is 0 Å². The number of likely N-dealkylation sites (N-methyl/N-ethyl adjacent to an activating group) is 1. The summed E-state index contributed by atoms with van der Waals surface area (Å²) in [6.45, 7) is 0.622. The van der Waals surface area contributed by atoms with Crippen molar-refractivity contribution >= 4 is 11.9 Å². The lowest BCUT2D eigenvalue weighted by molar-refractivity contribution is -0.126. The molecule has 108 valence electrons. The molecule has 0 spiro atoms. The third kappa shape index (κ3) is 4.40. The monoisotopic (exact) mass is 267 g/mol. The molecule has 5 nitrogen and oxygen atoms in total. The zero-order chi connectivity index (χ0) is 13.7. The number of rotatable bonds is 2. The topological polar surface area (TPSA) is 61.4 Å². The molecule has 2 fully saturated rings.